The van der Waals surface area contributed by atoms with E-state index in [1.54, 1.807) is 0 Å². The lowest BCUT2D eigenvalue weighted by Crippen LogP contribution is -2.12. The molecule has 1 atom stereocenters. The predicted molar refractivity (Wildman–Crippen MR) is 89.4 cm³/mol. The first-order valence-corrected chi connectivity index (χ1v) is 7.65. The molecular weight excluding hydrogens is 328 g/mol. The Hall–Kier alpha value is -1.88. The number of hydrogen-bond donors (Lipinski definition) is 1. The number of anilines is 1. The molecule has 0 aliphatic heterocycles. The van der Waals surface area contributed by atoms with Gasteiger partial charge in [-0.15, -0.1) is 0 Å². The van der Waals surface area contributed by atoms with Crippen LogP contribution in [0.15, 0.2) is 41.1 Å². The maximum absolute atomic E-state index is 4.72. The van der Waals surface area contributed by atoms with E-state index in [-0.39, 0.29) is 6.04 Å². The molecule has 0 aliphatic rings. The topological polar surface area (TPSA) is 42.7 Å². The number of fused-ring (bicyclic) bond motifs is 1. The van der Waals surface area contributed by atoms with E-state index < -0.39 is 0 Å². The standard InChI is InChI=1S/C16H17BrN4/c1-10-8-12(9-18-15(10)17)19-11(2)16-20-13-6-4-5-7-14(13)21(16)3/h4-9,11,19H,1-3H3. The molecule has 3 rings (SSSR count). The van der Waals surface area contributed by atoms with E-state index in [2.05, 4.69) is 49.9 Å². The molecule has 3 aromatic rings. The van der Waals surface area contributed by atoms with Gasteiger partial charge in [0, 0.05) is 7.05 Å². The van der Waals surface area contributed by atoms with Crippen LogP contribution in [0, 0.1) is 6.92 Å². The number of imidazole rings is 1. The van der Waals surface area contributed by atoms with Crippen LogP contribution in [-0.2, 0) is 7.05 Å². The van der Waals surface area contributed by atoms with Crippen molar-refractivity contribution in [2.24, 2.45) is 7.05 Å². The van der Waals surface area contributed by atoms with Crippen LogP contribution in [-0.4, -0.2) is 14.5 Å². The molecule has 1 aromatic carbocycles. The molecule has 0 amide bonds. The number of para-hydroxylation sites is 2. The third-order valence-electron chi connectivity index (χ3n) is 3.61. The highest BCUT2D eigenvalue weighted by molar-refractivity contribution is 9.10. The van der Waals surface area contributed by atoms with Crippen molar-refractivity contribution in [1.82, 2.24) is 14.5 Å². The number of nitrogens with zero attached hydrogens (tertiary/aromatic N) is 3. The minimum atomic E-state index is 0.102. The predicted octanol–water partition coefficient (Wildman–Crippen LogP) is 4.21. The molecule has 1 N–H and O–H groups in total. The van der Waals surface area contributed by atoms with Gasteiger partial charge in [-0.3, -0.25) is 0 Å². The van der Waals surface area contributed by atoms with Crippen LogP contribution in [0.5, 0.6) is 0 Å². The van der Waals surface area contributed by atoms with Crippen LogP contribution in [0.4, 0.5) is 5.69 Å². The average molecular weight is 345 g/mol. The zero-order valence-corrected chi connectivity index (χ0v) is 13.8. The summed E-state index contributed by atoms with van der Waals surface area (Å²) in [6.07, 6.45) is 1.83. The Morgan fingerprint density at radius 2 is 2.05 bits per heavy atom. The Morgan fingerprint density at radius 3 is 2.76 bits per heavy atom. The van der Waals surface area contributed by atoms with Gasteiger partial charge in [0.2, 0.25) is 0 Å². The number of aromatic nitrogens is 3. The van der Waals surface area contributed by atoms with E-state index in [1.807, 2.05) is 38.4 Å². The summed E-state index contributed by atoms with van der Waals surface area (Å²) in [5.41, 5.74) is 4.27. The van der Waals surface area contributed by atoms with Crippen molar-refractivity contribution in [2.75, 3.05) is 5.32 Å². The van der Waals surface area contributed by atoms with Crippen molar-refractivity contribution >= 4 is 32.7 Å². The van der Waals surface area contributed by atoms with Crippen molar-refractivity contribution in [1.29, 1.82) is 0 Å². The maximum atomic E-state index is 4.72. The first kappa shape index (κ1) is 14.1. The summed E-state index contributed by atoms with van der Waals surface area (Å²) < 4.78 is 3.01. The van der Waals surface area contributed by atoms with Gasteiger partial charge in [0.15, 0.2) is 0 Å². The van der Waals surface area contributed by atoms with Crippen LogP contribution < -0.4 is 5.32 Å². The molecule has 1 unspecified atom stereocenters. The van der Waals surface area contributed by atoms with E-state index in [4.69, 9.17) is 4.98 Å². The second-order valence-corrected chi connectivity index (χ2v) is 5.97. The number of hydrogen-bond acceptors (Lipinski definition) is 3. The van der Waals surface area contributed by atoms with Crippen molar-refractivity contribution in [3.63, 3.8) is 0 Å². The lowest BCUT2D eigenvalue weighted by atomic mass is 10.2. The van der Waals surface area contributed by atoms with Crippen molar-refractivity contribution in [3.8, 4) is 0 Å². The number of aryl methyl sites for hydroxylation is 2. The Kier molecular flexibility index (Phi) is 3.68. The van der Waals surface area contributed by atoms with E-state index in [0.717, 1.165) is 32.7 Å². The highest BCUT2D eigenvalue weighted by Gasteiger charge is 2.14. The number of benzene rings is 1. The highest BCUT2D eigenvalue weighted by atomic mass is 79.9. The fraction of sp³-hybridized carbons (Fsp3) is 0.250. The first-order chi connectivity index (χ1) is 10.1. The largest absolute Gasteiger partial charge is 0.374 e. The summed E-state index contributed by atoms with van der Waals surface area (Å²) in [5, 5.41) is 3.46. The van der Waals surface area contributed by atoms with Crippen LogP contribution in [0.3, 0.4) is 0 Å². The summed E-state index contributed by atoms with van der Waals surface area (Å²) >= 11 is 3.42. The zero-order valence-electron chi connectivity index (χ0n) is 12.3. The molecule has 0 radical (unpaired) electrons. The normalized spacial score (nSPS) is 12.6. The summed E-state index contributed by atoms with van der Waals surface area (Å²) in [6.45, 7) is 4.14. The summed E-state index contributed by atoms with van der Waals surface area (Å²) in [7, 11) is 2.05. The van der Waals surface area contributed by atoms with Gasteiger partial charge in [-0.25, -0.2) is 9.97 Å². The molecule has 4 nitrogen and oxygen atoms in total. The highest BCUT2D eigenvalue weighted by Crippen LogP contribution is 2.24. The number of pyridine rings is 1. The molecule has 0 saturated carbocycles. The minimum absolute atomic E-state index is 0.102. The Morgan fingerprint density at radius 1 is 1.29 bits per heavy atom. The Bertz CT molecular complexity index is 794. The van der Waals surface area contributed by atoms with Gasteiger partial charge < -0.3 is 9.88 Å². The SMILES string of the molecule is Cc1cc(NC(C)c2nc3ccccc3n2C)cnc1Br. The number of halogens is 1. The molecule has 0 saturated heterocycles. The van der Waals surface area contributed by atoms with E-state index in [1.165, 1.54) is 0 Å². The van der Waals surface area contributed by atoms with Crippen LogP contribution >= 0.6 is 15.9 Å². The lowest BCUT2D eigenvalue weighted by Gasteiger charge is -2.15. The molecule has 21 heavy (non-hydrogen) atoms. The summed E-state index contributed by atoms with van der Waals surface area (Å²) in [6, 6.07) is 10.4. The third-order valence-corrected chi connectivity index (χ3v) is 4.44. The summed E-state index contributed by atoms with van der Waals surface area (Å²) in [4.78, 5) is 9.04. The van der Waals surface area contributed by atoms with E-state index >= 15 is 0 Å². The molecular formula is C16H17BrN4. The van der Waals surface area contributed by atoms with Crippen LogP contribution in [0.1, 0.15) is 24.4 Å². The van der Waals surface area contributed by atoms with Gasteiger partial charge in [-0.2, -0.15) is 0 Å². The molecule has 2 aromatic heterocycles. The van der Waals surface area contributed by atoms with E-state index in [0.29, 0.717) is 0 Å². The molecule has 0 fully saturated rings. The number of rotatable bonds is 3. The lowest BCUT2D eigenvalue weighted by molar-refractivity contribution is 0.733. The molecule has 108 valence electrons. The molecule has 5 heteroatoms. The molecule has 0 aliphatic carbocycles. The molecule has 0 bridgehead atoms. The van der Waals surface area contributed by atoms with Gasteiger partial charge in [0.1, 0.15) is 10.4 Å². The molecule has 2 heterocycles. The van der Waals surface area contributed by atoms with Gasteiger partial charge in [-0.1, -0.05) is 12.1 Å². The smallest absolute Gasteiger partial charge is 0.131 e. The molecule has 0 spiro atoms. The van der Waals surface area contributed by atoms with Crippen molar-refractivity contribution < 1.29 is 0 Å². The fourth-order valence-electron chi connectivity index (χ4n) is 2.50. The monoisotopic (exact) mass is 344 g/mol. The van der Waals surface area contributed by atoms with Crippen LogP contribution in [0.25, 0.3) is 11.0 Å². The fourth-order valence-corrected chi connectivity index (χ4v) is 2.72. The van der Waals surface area contributed by atoms with Crippen LogP contribution in [0.2, 0.25) is 0 Å². The number of nitrogens with one attached hydrogen (secondary N) is 1. The second-order valence-electron chi connectivity index (χ2n) is 5.22. The van der Waals surface area contributed by atoms with Crippen molar-refractivity contribution in [3.05, 3.63) is 52.5 Å². The van der Waals surface area contributed by atoms with Crippen molar-refractivity contribution in [2.45, 2.75) is 19.9 Å². The first-order valence-electron chi connectivity index (χ1n) is 6.86. The third kappa shape index (κ3) is 2.65. The second kappa shape index (κ2) is 5.48. The quantitative estimate of drug-likeness (QED) is 0.723. The zero-order chi connectivity index (χ0) is 15.0. The van der Waals surface area contributed by atoms with Gasteiger partial charge in [0.25, 0.3) is 0 Å². The Balaban J connectivity index is 1.91. The average Bonchev–Trinajstić information content (AvgIpc) is 2.81. The minimum Gasteiger partial charge on any atom is -0.374 e. The van der Waals surface area contributed by atoms with Gasteiger partial charge in [0.05, 0.1) is 29.0 Å². The Labute approximate surface area is 132 Å². The van der Waals surface area contributed by atoms with E-state index in [9.17, 15) is 0 Å². The summed E-state index contributed by atoms with van der Waals surface area (Å²) in [5.74, 6) is 1.01. The maximum Gasteiger partial charge on any atom is 0.131 e. The van der Waals surface area contributed by atoms with Gasteiger partial charge in [-0.05, 0) is 53.5 Å². The van der Waals surface area contributed by atoms with Gasteiger partial charge >= 0.3 is 0 Å².